The Balaban J connectivity index is 1.98. The molecule has 2 unspecified atom stereocenters. The summed E-state index contributed by atoms with van der Waals surface area (Å²) in [6, 6.07) is 11.4. The number of carbonyl (C=O) groups is 1. The quantitative estimate of drug-likeness (QED) is 0.857. The summed E-state index contributed by atoms with van der Waals surface area (Å²) in [6.07, 6.45) is 4.24. The third-order valence-corrected chi connectivity index (χ3v) is 3.37. The number of carbonyl (C=O) groups excluding carboxylic acids is 1. The van der Waals surface area contributed by atoms with Crippen molar-refractivity contribution in [1.29, 1.82) is 0 Å². The van der Waals surface area contributed by atoms with Gasteiger partial charge in [-0.3, -0.25) is 4.79 Å². The lowest BCUT2D eigenvalue weighted by atomic mass is 10.0. The van der Waals surface area contributed by atoms with Crippen molar-refractivity contribution in [3.05, 3.63) is 54.4 Å². The molecule has 2 aromatic rings. The molecular weight excluding hydrogens is 264 g/mol. The van der Waals surface area contributed by atoms with Gasteiger partial charge in [0.1, 0.15) is 0 Å². The summed E-state index contributed by atoms with van der Waals surface area (Å²) in [5.74, 6) is 0.169. The molecule has 1 amide bonds. The summed E-state index contributed by atoms with van der Waals surface area (Å²) in [5.41, 5.74) is 1.61. The number of nitrogens with zero attached hydrogens (tertiary/aromatic N) is 1. The predicted molar refractivity (Wildman–Crippen MR) is 83.6 cm³/mol. The molecule has 0 saturated carbocycles. The lowest BCUT2D eigenvalue weighted by Crippen LogP contribution is -2.29. The maximum atomic E-state index is 12.2. The van der Waals surface area contributed by atoms with Gasteiger partial charge in [-0.15, -0.1) is 0 Å². The highest BCUT2D eigenvalue weighted by molar-refractivity contribution is 5.94. The van der Waals surface area contributed by atoms with Crippen molar-refractivity contribution in [1.82, 2.24) is 9.88 Å². The van der Waals surface area contributed by atoms with Crippen molar-refractivity contribution in [2.24, 2.45) is 5.92 Å². The van der Waals surface area contributed by atoms with E-state index >= 15 is 0 Å². The Morgan fingerprint density at radius 1 is 1.24 bits per heavy atom. The van der Waals surface area contributed by atoms with Crippen LogP contribution in [0.5, 0.6) is 0 Å². The molecular formula is C17H22N2O2. The van der Waals surface area contributed by atoms with Crippen LogP contribution in [0.1, 0.15) is 30.6 Å². The zero-order chi connectivity index (χ0) is 15.2. The lowest BCUT2D eigenvalue weighted by Gasteiger charge is -2.14. The molecule has 0 spiro atoms. The molecule has 0 aliphatic heterocycles. The number of hydrogen-bond donors (Lipinski definition) is 2. The molecule has 112 valence electrons. The summed E-state index contributed by atoms with van der Waals surface area (Å²) in [4.78, 5) is 12.2. The molecule has 0 aliphatic rings. The van der Waals surface area contributed by atoms with E-state index in [1.165, 1.54) is 0 Å². The van der Waals surface area contributed by atoms with Crippen LogP contribution in [0.15, 0.2) is 48.8 Å². The van der Waals surface area contributed by atoms with Crippen LogP contribution in [0, 0.1) is 5.92 Å². The van der Waals surface area contributed by atoms with Crippen molar-refractivity contribution in [3.63, 3.8) is 0 Å². The van der Waals surface area contributed by atoms with E-state index in [0.717, 1.165) is 5.69 Å². The van der Waals surface area contributed by atoms with E-state index in [1.54, 1.807) is 6.92 Å². The van der Waals surface area contributed by atoms with Crippen molar-refractivity contribution in [2.75, 3.05) is 6.54 Å². The minimum atomic E-state index is -0.339. The molecule has 1 aromatic carbocycles. The molecule has 1 heterocycles. The Bertz CT molecular complexity index is 576. The zero-order valence-corrected chi connectivity index (χ0v) is 12.5. The van der Waals surface area contributed by atoms with E-state index in [2.05, 4.69) is 5.32 Å². The Hall–Kier alpha value is -2.07. The first-order valence-corrected chi connectivity index (χ1v) is 7.26. The van der Waals surface area contributed by atoms with E-state index in [1.807, 2.05) is 60.3 Å². The molecule has 2 rings (SSSR count). The second-order valence-corrected chi connectivity index (χ2v) is 5.54. The molecule has 1 aromatic heterocycles. The van der Waals surface area contributed by atoms with Gasteiger partial charge in [0.25, 0.3) is 5.91 Å². The SMILES string of the molecule is CC(O)CC(C)CNC(=O)c1cccc(-n2cccc2)c1. The number of amides is 1. The Kier molecular flexibility index (Phi) is 5.17. The smallest absolute Gasteiger partial charge is 0.251 e. The van der Waals surface area contributed by atoms with Crippen molar-refractivity contribution in [2.45, 2.75) is 26.4 Å². The molecule has 2 N–H and O–H groups in total. The molecule has 4 nitrogen and oxygen atoms in total. The standard InChI is InChI=1S/C17H22N2O2/c1-13(10-14(2)20)12-18-17(21)15-6-5-7-16(11-15)19-8-3-4-9-19/h3-9,11,13-14,20H,10,12H2,1-2H3,(H,18,21). The largest absolute Gasteiger partial charge is 0.393 e. The van der Waals surface area contributed by atoms with E-state index in [9.17, 15) is 9.90 Å². The first-order valence-electron chi connectivity index (χ1n) is 7.26. The fourth-order valence-corrected chi connectivity index (χ4v) is 2.35. The van der Waals surface area contributed by atoms with Gasteiger partial charge in [0, 0.05) is 30.2 Å². The molecule has 21 heavy (non-hydrogen) atoms. The van der Waals surface area contributed by atoms with Crippen LogP contribution in [-0.4, -0.2) is 28.2 Å². The maximum Gasteiger partial charge on any atom is 0.251 e. The van der Waals surface area contributed by atoms with Gasteiger partial charge in [0.15, 0.2) is 0 Å². The van der Waals surface area contributed by atoms with E-state index in [-0.39, 0.29) is 17.9 Å². The number of hydrogen-bond acceptors (Lipinski definition) is 2. The Morgan fingerprint density at radius 3 is 2.62 bits per heavy atom. The van der Waals surface area contributed by atoms with Crippen LogP contribution in [0.25, 0.3) is 5.69 Å². The fraction of sp³-hybridized carbons (Fsp3) is 0.353. The first kappa shape index (κ1) is 15.3. The van der Waals surface area contributed by atoms with Crippen LogP contribution in [0.3, 0.4) is 0 Å². The van der Waals surface area contributed by atoms with Gasteiger partial charge in [-0.25, -0.2) is 0 Å². The Morgan fingerprint density at radius 2 is 1.95 bits per heavy atom. The normalized spacial score (nSPS) is 13.7. The molecule has 4 heteroatoms. The Labute approximate surface area is 125 Å². The average Bonchev–Trinajstić information content (AvgIpc) is 2.98. The van der Waals surface area contributed by atoms with E-state index in [4.69, 9.17) is 0 Å². The first-order chi connectivity index (χ1) is 10.1. The van der Waals surface area contributed by atoms with E-state index in [0.29, 0.717) is 18.5 Å². The predicted octanol–water partition coefficient (Wildman–Crippen LogP) is 2.61. The number of nitrogens with one attached hydrogen (secondary N) is 1. The fourth-order valence-electron chi connectivity index (χ4n) is 2.35. The summed E-state index contributed by atoms with van der Waals surface area (Å²) < 4.78 is 1.97. The molecule has 0 bridgehead atoms. The summed E-state index contributed by atoms with van der Waals surface area (Å²) in [7, 11) is 0. The van der Waals surface area contributed by atoms with Crippen LogP contribution >= 0.6 is 0 Å². The third-order valence-electron chi connectivity index (χ3n) is 3.37. The lowest BCUT2D eigenvalue weighted by molar-refractivity contribution is 0.0939. The van der Waals surface area contributed by atoms with Crippen LogP contribution in [0.2, 0.25) is 0 Å². The summed E-state index contributed by atoms with van der Waals surface area (Å²) in [5, 5.41) is 12.2. The highest BCUT2D eigenvalue weighted by atomic mass is 16.3. The van der Waals surface area contributed by atoms with Crippen molar-refractivity contribution in [3.8, 4) is 5.69 Å². The molecule has 0 aliphatic carbocycles. The molecule has 0 radical (unpaired) electrons. The molecule has 0 fully saturated rings. The zero-order valence-electron chi connectivity index (χ0n) is 12.5. The van der Waals surface area contributed by atoms with Gasteiger partial charge in [-0.05, 0) is 49.6 Å². The number of rotatable bonds is 6. The van der Waals surface area contributed by atoms with Gasteiger partial charge >= 0.3 is 0 Å². The average molecular weight is 286 g/mol. The minimum Gasteiger partial charge on any atom is -0.393 e. The molecule has 2 atom stereocenters. The summed E-state index contributed by atoms with van der Waals surface area (Å²) in [6.45, 7) is 4.35. The monoisotopic (exact) mass is 286 g/mol. The van der Waals surface area contributed by atoms with Crippen LogP contribution < -0.4 is 5.32 Å². The highest BCUT2D eigenvalue weighted by Crippen LogP contribution is 2.11. The second kappa shape index (κ2) is 7.09. The minimum absolute atomic E-state index is 0.0820. The topological polar surface area (TPSA) is 54.3 Å². The van der Waals surface area contributed by atoms with Crippen molar-refractivity contribution >= 4 is 5.91 Å². The number of benzene rings is 1. The number of aromatic nitrogens is 1. The number of aliphatic hydroxyl groups is 1. The maximum absolute atomic E-state index is 12.2. The van der Waals surface area contributed by atoms with Gasteiger partial charge in [0.05, 0.1) is 6.10 Å². The number of aliphatic hydroxyl groups excluding tert-OH is 1. The third kappa shape index (κ3) is 4.46. The van der Waals surface area contributed by atoms with Crippen molar-refractivity contribution < 1.29 is 9.90 Å². The van der Waals surface area contributed by atoms with Crippen LogP contribution in [-0.2, 0) is 0 Å². The van der Waals surface area contributed by atoms with Gasteiger partial charge in [0.2, 0.25) is 0 Å². The molecule has 0 saturated heterocycles. The summed E-state index contributed by atoms with van der Waals surface area (Å²) >= 11 is 0. The second-order valence-electron chi connectivity index (χ2n) is 5.54. The van der Waals surface area contributed by atoms with Gasteiger partial charge in [-0.2, -0.15) is 0 Å². The van der Waals surface area contributed by atoms with Gasteiger partial charge in [-0.1, -0.05) is 13.0 Å². The van der Waals surface area contributed by atoms with E-state index < -0.39 is 0 Å². The van der Waals surface area contributed by atoms with Gasteiger partial charge < -0.3 is 15.0 Å². The highest BCUT2D eigenvalue weighted by Gasteiger charge is 2.10. The van der Waals surface area contributed by atoms with Crippen LogP contribution in [0.4, 0.5) is 0 Å².